The van der Waals surface area contributed by atoms with Gasteiger partial charge in [0.05, 0.1) is 11.6 Å². The van der Waals surface area contributed by atoms with Crippen molar-refractivity contribution in [3.05, 3.63) is 35.0 Å². The van der Waals surface area contributed by atoms with Gasteiger partial charge >= 0.3 is 0 Å². The second-order valence-electron chi connectivity index (χ2n) is 6.46. The van der Waals surface area contributed by atoms with Gasteiger partial charge in [0, 0.05) is 28.7 Å². The number of aliphatic hydroxyl groups is 1. The molecule has 0 bridgehead atoms. The number of fused-ring (bicyclic) bond motifs is 1. The van der Waals surface area contributed by atoms with E-state index in [1.54, 1.807) is 0 Å². The predicted octanol–water partition coefficient (Wildman–Crippen LogP) is 3.85. The number of para-hydroxylation sites is 1. The van der Waals surface area contributed by atoms with E-state index in [0.29, 0.717) is 12.5 Å². The average Bonchev–Trinajstić information content (AvgIpc) is 2.82. The second kappa shape index (κ2) is 5.99. The molecule has 1 heterocycles. The van der Waals surface area contributed by atoms with E-state index in [0.717, 1.165) is 34.5 Å². The zero-order chi connectivity index (χ0) is 14.9. The molecule has 2 aromatic rings. The highest BCUT2D eigenvalue weighted by atomic mass is 35.5. The summed E-state index contributed by atoms with van der Waals surface area (Å²) in [7, 11) is 0. The number of H-pyrrole nitrogens is 1. The third kappa shape index (κ3) is 2.96. The van der Waals surface area contributed by atoms with Crippen molar-refractivity contribution in [1.29, 1.82) is 0 Å². The summed E-state index contributed by atoms with van der Waals surface area (Å²) in [5.41, 5.74) is 1.91. The smallest absolute Gasteiger partial charge is 0.0705 e. The highest BCUT2D eigenvalue weighted by Gasteiger charge is 2.34. The number of aromatic nitrogens is 1. The van der Waals surface area contributed by atoms with Gasteiger partial charge in [0.25, 0.3) is 0 Å². The maximum Gasteiger partial charge on any atom is 0.0705 e. The first-order chi connectivity index (χ1) is 10.1. The number of nitrogens with one attached hydrogen (secondary N) is 2. The first kappa shape index (κ1) is 14.9. The van der Waals surface area contributed by atoms with Gasteiger partial charge in [0.15, 0.2) is 0 Å². The number of rotatable bonds is 4. The predicted molar refractivity (Wildman–Crippen MR) is 87.6 cm³/mol. The molecule has 3 nitrogen and oxygen atoms in total. The van der Waals surface area contributed by atoms with Gasteiger partial charge < -0.3 is 15.4 Å². The second-order valence-corrected chi connectivity index (χ2v) is 6.83. The Kier molecular flexibility index (Phi) is 4.25. The molecule has 2 unspecified atom stereocenters. The topological polar surface area (TPSA) is 48.0 Å². The Balaban J connectivity index is 1.77. The molecule has 1 aliphatic rings. The number of hydrogen-bond acceptors (Lipinski definition) is 2. The first-order valence-electron chi connectivity index (χ1n) is 7.74. The van der Waals surface area contributed by atoms with Crippen LogP contribution in [0.3, 0.4) is 0 Å². The fourth-order valence-electron chi connectivity index (χ4n) is 3.58. The Morgan fingerprint density at radius 2 is 2.24 bits per heavy atom. The van der Waals surface area contributed by atoms with Crippen LogP contribution in [-0.2, 0) is 6.54 Å². The third-order valence-corrected chi connectivity index (χ3v) is 5.18. The van der Waals surface area contributed by atoms with Crippen molar-refractivity contribution in [2.45, 2.75) is 44.7 Å². The molecule has 0 amide bonds. The van der Waals surface area contributed by atoms with E-state index in [1.165, 1.54) is 12.8 Å². The fraction of sp³-hybridized carbons (Fsp3) is 0.529. The summed E-state index contributed by atoms with van der Waals surface area (Å²) >= 11 is 6.46. The molecule has 0 radical (unpaired) electrons. The molecular formula is C17H23ClN2O. The van der Waals surface area contributed by atoms with Crippen LogP contribution in [0.5, 0.6) is 0 Å². The van der Waals surface area contributed by atoms with E-state index in [2.05, 4.69) is 17.2 Å². The molecule has 1 aromatic carbocycles. The van der Waals surface area contributed by atoms with E-state index in [4.69, 9.17) is 11.6 Å². The molecule has 114 valence electrons. The van der Waals surface area contributed by atoms with E-state index >= 15 is 0 Å². The third-order valence-electron chi connectivity index (χ3n) is 4.75. The van der Waals surface area contributed by atoms with Crippen molar-refractivity contribution in [2.75, 3.05) is 6.61 Å². The van der Waals surface area contributed by atoms with Crippen LogP contribution in [0.15, 0.2) is 24.3 Å². The van der Waals surface area contributed by atoms with Crippen LogP contribution in [0.2, 0.25) is 5.02 Å². The van der Waals surface area contributed by atoms with Crippen molar-refractivity contribution in [2.24, 2.45) is 5.92 Å². The van der Waals surface area contributed by atoms with E-state index in [9.17, 15) is 5.11 Å². The van der Waals surface area contributed by atoms with Crippen LogP contribution < -0.4 is 5.32 Å². The van der Waals surface area contributed by atoms with Crippen molar-refractivity contribution < 1.29 is 5.11 Å². The van der Waals surface area contributed by atoms with Gasteiger partial charge in [-0.15, -0.1) is 0 Å². The summed E-state index contributed by atoms with van der Waals surface area (Å²) in [6.45, 7) is 3.12. The summed E-state index contributed by atoms with van der Waals surface area (Å²) in [6, 6.07) is 8.07. The molecule has 0 aliphatic heterocycles. The normalized spacial score (nSPS) is 26.3. The molecule has 3 N–H and O–H groups in total. The minimum absolute atomic E-state index is 0.154. The van der Waals surface area contributed by atoms with Crippen molar-refractivity contribution >= 4 is 22.5 Å². The van der Waals surface area contributed by atoms with Crippen LogP contribution in [0.1, 0.15) is 38.3 Å². The first-order valence-corrected chi connectivity index (χ1v) is 8.12. The largest absolute Gasteiger partial charge is 0.394 e. The summed E-state index contributed by atoms with van der Waals surface area (Å²) in [5.74, 6) is 0.664. The Labute approximate surface area is 130 Å². The molecule has 21 heavy (non-hydrogen) atoms. The van der Waals surface area contributed by atoms with Crippen LogP contribution in [0.4, 0.5) is 0 Å². The summed E-state index contributed by atoms with van der Waals surface area (Å²) in [5, 5.41) is 15.3. The Morgan fingerprint density at radius 1 is 1.43 bits per heavy atom. The lowest BCUT2D eigenvalue weighted by Gasteiger charge is -2.39. The lowest BCUT2D eigenvalue weighted by Crippen LogP contribution is -2.51. The Morgan fingerprint density at radius 3 is 2.95 bits per heavy atom. The van der Waals surface area contributed by atoms with Gasteiger partial charge in [-0.25, -0.2) is 0 Å². The van der Waals surface area contributed by atoms with Crippen molar-refractivity contribution in [3.8, 4) is 0 Å². The summed E-state index contributed by atoms with van der Waals surface area (Å²) in [6.07, 6.45) is 4.50. The molecule has 4 heteroatoms. The van der Waals surface area contributed by atoms with Gasteiger partial charge in [-0.1, -0.05) is 49.6 Å². The molecule has 2 atom stereocenters. The van der Waals surface area contributed by atoms with Crippen LogP contribution in [0.25, 0.3) is 10.9 Å². The lowest BCUT2D eigenvalue weighted by atomic mass is 9.77. The molecule has 3 rings (SSSR count). The molecule has 0 spiro atoms. The van der Waals surface area contributed by atoms with Gasteiger partial charge in [0.2, 0.25) is 0 Å². The monoisotopic (exact) mass is 306 g/mol. The summed E-state index contributed by atoms with van der Waals surface area (Å²) < 4.78 is 0. The standard InChI is InChI=1S/C17H23ClN2O/c1-12-5-4-8-17(9-12,11-21)19-10-15-16(18)13-6-2-3-7-14(13)20-15/h2-3,6-7,12,19-21H,4-5,8-11H2,1H3. The van der Waals surface area contributed by atoms with Crippen molar-refractivity contribution in [1.82, 2.24) is 10.3 Å². The van der Waals surface area contributed by atoms with Crippen molar-refractivity contribution in [3.63, 3.8) is 0 Å². The van der Waals surface area contributed by atoms with Crippen LogP contribution >= 0.6 is 11.6 Å². The number of hydrogen-bond donors (Lipinski definition) is 3. The number of aliphatic hydroxyl groups excluding tert-OH is 1. The van der Waals surface area contributed by atoms with Crippen LogP contribution in [-0.4, -0.2) is 22.2 Å². The van der Waals surface area contributed by atoms with Gasteiger partial charge in [-0.2, -0.15) is 0 Å². The zero-order valence-electron chi connectivity index (χ0n) is 12.5. The minimum Gasteiger partial charge on any atom is -0.394 e. The molecule has 1 aliphatic carbocycles. The zero-order valence-corrected chi connectivity index (χ0v) is 13.2. The maximum absolute atomic E-state index is 9.84. The number of aromatic amines is 1. The average molecular weight is 307 g/mol. The SMILES string of the molecule is CC1CCCC(CO)(NCc2[nH]c3ccccc3c2Cl)C1. The quantitative estimate of drug-likeness (QED) is 0.803. The Hall–Kier alpha value is -1.03. The van der Waals surface area contributed by atoms with Crippen LogP contribution in [0, 0.1) is 5.92 Å². The van der Waals surface area contributed by atoms with Gasteiger partial charge in [-0.3, -0.25) is 0 Å². The highest BCUT2D eigenvalue weighted by Crippen LogP contribution is 2.33. The van der Waals surface area contributed by atoms with Gasteiger partial charge in [0.1, 0.15) is 0 Å². The number of halogens is 1. The highest BCUT2D eigenvalue weighted by molar-refractivity contribution is 6.36. The molecule has 0 saturated heterocycles. The molecule has 1 saturated carbocycles. The molecule has 1 aromatic heterocycles. The van der Waals surface area contributed by atoms with E-state index in [-0.39, 0.29) is 12.1 Å². The van der Waals surface area contributed by atoms with E-state index in [1.807, 2.05) is 24.3 Å². The minimum atomic E-state index is -0.154. The molecule has 1 fully saturated rings. The lowest BCUT2D eigenvalue weighted by molar-refractivity contribution is 0.0980. The summed E-state index contributed by atoms with van der Waals surface area (Å²) in [4.78, 5) is 3.38. The molecular weight excluding hydrogens is 284 g/mol. The Bertz CT molecular complexity index is 624. The number of benzene rings is 1. The maximum atomic E-state index is 9.84. The fourth-order valence-corrected chi connectivity index (χ4v) is 3.86. The van der Waals surface area contributed by atoms with E-state index < -0.39 is 0 Å². The van der Waals surface area contributed by atoms with Gasteiger partial charge in [-0.05, 0) is 24.8 Å².